The predicted molar refractivity (Wildman–Crippen MR) is 77.6 cm³/mol. The molecular weight excluding hydrogens is 266 g/mol. The molecule has 0 fully saturated rings. The van der Waals surface area contributed by atoms with Crippen LogP contribution in [0.15, 0.2) is 4.99 Å². The Bertz CT molecular complexity index is 349. The van der Waals surface area contributed by atoms with E-state index in [2.05, 4.69) is 18.8 Å². The van der Waals surface area contributed by atoms with E-state index in [1.165, 1.54) is 0 Å². The molecule has 0 saturated carbocycles. The second-order valence-electron chi connectivity index (χ2n) is 5.17. The van der Waals surface area contributed by atoms with E-state index in [0.717, 1.165) is 26.1 Å². The molecule has 19 heavy (non-hydrogen) atoms. The van der Waals surface area contributed by atoms with Crippen LogP contribution in [0.25, 0.3) is 0 Å². The molecule has 1 rings (SSSR count). The summed E-state index contributed by atoms with van der Waals surface area (Å²) in [4.78, 5) is 16.1. The Morgan fingerprint density at radius 2 is 2.16 bits per heavy atom. The van der Waals surface area contributed by atoms with E-state index in [0.29, 0.717) is 4.48 Å². The van der Waals surface area contributed by atoms with Crippen molar-refractivity contribution in [2.24, 2.45) is 28.1 Å². The highest BCUT2D eigenvalue weighted by Crippen LogP contribution is 2.28. The molecule has 0 aromatic rings. The summed E-state index contributed by atoms with van der Waals surface area (Å²) >= 11 is 6.20. The van der Waals surface area contributed by atoms with Gasteiger partial charge in [-0.1, -0.05) is 6.92 Å². The summed E-state index contributed by atoms with van der Waals surface area (Å²) < 4.78 is 0.611. The molecular formula is C12H25ClN5O+. The summed E-state index contributed by atoms with van der Waals surface area (Å²) in [5.74, 6) is -1.18. The van der Waals surface area contributed by atoms with Crippen LogP contribution in [-0.2, 0) is 4.79 Å². The molecule has 110 valence electrons. The van der Waals surface area contributed by atoms with Crippen LogP contribution in [0.2, 0.25) is 0 Å². The van der Waals surface area contributed by atoms with Gasteiger partial charge < -0.3 is 21.7 Å². The van der Waals surface area contributed by atoms with E-state index < -0.39 is 18.0 Å². The first kappa shape index (κ1) is 16.4. The number of aliphatic imine (C=N–C) groups is 1. The molecule has 4 atom stereocenters. The summed E-state index contributed by atoms with van der Waals surface area (Å²) in [6, 6.07) is 0. The molecule has 1 amide bonds. The minimum absolute atomic E-state index is 0.134. The van der Waals surface area contributed by atoms with Crippen molar-refractivity contribution in [2.75, 3.05) is 19.6 Å². The average molecular weight is 291 g/mol. The Balaban J connectivity index is 3.17. The summed E-state index contributed by atoms with van der Waals surface area (Å²) in [5.41, 5.74) is 16.9. The molecule has 0 aromatic carbocycles. The molecule has 6 nitrogen and oxygen atoms in total. The van der Waals surface area contributed by atoms with Gasteiger partial charge >= 0.3 is 0 Å². The minimum Gasteiger partial charge on any atom is -0.369 e. The van der Waals surface area contributed by atoms with Crippen molar-refractivity contribution < 1.29 is 9.28 Å². The average Bonchev–Trinajstić information content (AvgIpc) is 2.31. The molecule has 0 bridgehead atoms. The highest BCUT2D eigenvalue weighted by atomic mass is 35.5. The number of carbonyl (C=O) groups is 1. The van der Waals surface area contributed by atoms with Crippen LogP contribution in [0, 0.1) is 5.92 Å². The Morgan fingerprint density at radius 3 is 2.58 bits per heavy atom. The smallest absolute Gasteiger partial charge is 0.231 e. The number of hydrogen-bond donors (Lipinski definition) is 3. The fourth-order valence-electron chi connectivity index (χ4n) is 2.94. The molecule has 0 saturated heterocycles. The van der Waals surface area contributed by atoms with Gasteiger partial charge in [0.05, 0.1) is 19.3 Å². The topological polar surface area (TPSA) is 107 Å². The lowest BCUT2D eigenvalue weighted by Crippen LogP contribution is -2.67. The summed E-state index contributed by atoms with van der Waals surface area (Å²) in [7, 11) is 0. The zero-order chi connectivity index (χ0) is 14.6. The molecule has 0 radical (unpaired) electrons. The van der Waals surface area contributed by atoms with E-state index in [1.807, 2.05) is 0 Å². The molecule has 0 aromatic heterocycles. The van der Waals surface area contributed by atoms with Crippen LogP contribution in [0.4, 0.5) is 0 Å². The van der Waals surface area contributed by atoms with Crippen molar-refractivity contribution >= 4 is 23.7 Å². The number of quaternary nitrogens is 1. The number of rotatable bonds is 6. The van der Waals surface area contributed by atoms with Crippen LogP contribution in [0.1, 0.15) is 20.3 Å². The first-order valence-electron chi connectivity index (χ1n) is 6.71. The first-order chi connectivity index (χ1) is 8.88. The van der Waals surface area contributed by atoms with Crippen molar-refractivity contribution in [3.63, 3.8) is 0 Å². The van der Waals surface area contributed by atoms with E-state index >= 15 is 0 Å². The highest BCUT2D eigenvalue weighted by molar-refractivity contribution is 6.28. The largest absolute Gasteiger partial charge is 0.369 e. The maximum absolute atomic E-state index is 11.7. The van der Waals surface area contributed by atoms with Crippen LogP contribution in [0.5, 0.6) is 0 Å². The second kappa shape index (κ2) is 6.65. The number of halogens is 1. The molecule has 0 aliphatic carbocycles. The Labute approximate surface area is 119 Å². The van der Waals surface area contributed by atoms with Crippen LogP contribution < -0.4 is 17.2 Å². The van der Waals surface area contributed by atoms with Crippen LogP contribution >= 0.6 is 11.6 Å². The number of nitrogens with zero attached hydrogens (tertiary/aromatic N) is 2. The van der Waals surface area contributed by atoms with Crippen LogP contribution in [0.3, 0.4) is 0 Å². The quantitative estimate of drug-likeness (QED) is 0.352. The predicted octanol–water partition coefficient (Wildman–Crippen LogP) is -0.404. The van der Waals surface area contributed by atoms with Gasteiger partial charge in [0.25, 0.3) is 0 Å². The first-order valence-corrected chi connectivity index (χ1v) is 7.15. The van der Waals surface area contributed by atoms with E-state index in [4.69, 9.17) is 28.8 Å². The SMILES string of the molecule is CCC[N+]1(CC)CC(Cl)C=NC1C(C(N)=O)C(N)N. The lowest BCUT2D eigenvalue weighted by molar-refractivity contribution is -0.952. The number of primary amides is 1. The fraction of sp³-hybridized carbons (Fsp3) is 0.833. The van der Waals surface area contributed by atoms with Crippen molar-refractivity contribution in [1.29, 1.82) is 0 Å². The van der Waals surface area contributed by atoms with Gasteiger partial charge in [0, 0.05) is 6.21 Å². The molecule has 1 aliphatic rings. The zero-order valence-electron chi connectivity index (χ0n) is 11.6. The van der Waals surface area contributed by atoms with Crippen molar-refractivity contribution in [1.82, 2.24) is 0 Å². The number of carbonyl (C=O) groups excluding carboxylic acids is 1. The monoisotopic (exact) mass is 290 g/mol. The van der Waals surface area contributed by atoms with Crippen molar-refractivity contribution in [3.8, 4) is 0 Å². The van der Waals surface area contributed by atoms with E-state index in [9.17, 15) is 4.79 Å². The highest BCUT2D eigenvalue weighted by Gasteiger charge is 2.47. The zero-order valence-corrected chi connectivity index (χ0v) is 12.4. The standard InChI is InChI=1S/C12H24ClN5O/c1-3-5-18(4-2)7-8(13)6-17-12(18)9(10(14)15)11(16)19/h6,8-10,12H,3-5,7,14-15H2,1-2H3,(H-,16,19)/p+1. The molecule has 1 aliphatic heterocycles. The normalized spacial score (nSPS) is 32.5. The summed E-state index contributed by atoms with van der Waals surface area (Å²) in [6.45, 7) is 6.56. The second-order valence-corrected chi connectivity index (χ2v) is 5.73. The Kier molecular flexibility index (Phi) is 5.73. The van der Waals surface area contributed by atoms with Gasteiger partial charge in [-0.05, 0) is 13.3 Å². The van der Waals surface area contributed by atoms with Gasteiger partial charge in [0.2, 0.25) is 5.91 Å². The van der Waals surface area contributed by atoms with Gasteiger partial charge in [-0.25, -0.2) is 4.99 Å². The number of hydrogen-bond acceptors (Lipinski definition) is 4. The number of alkyl halides is 1. The minimum atomic E-state index is -0.813. The fourth-order valence-corrected chi connectivity index (χ4v) is 3.28. The van der Waals surface area contributed by atoms with Gasteiger partial charge in [-0.2, -0.15) is 0 Å². The molecule has 1 heterocycles. The lowest BCUT2D eigenvalue weighted by Gasteiger charge is -2.47. The number of nitrogens with two attached hydrogens (primary N) is 3. The van der Waals surface area contributed by atoms with E-state index in [-0.39, 0.29) is 11.5 Å². The molecule has 0 spiro atoms. The molecule has 7 heteroatoms. The third-order valence-corrected chi connectivity index (χ3v) is 4.11. The third kappa shape index (κ3) is 3.45. The van der Waals surface area contributed by atoms with Gasteiger partial charge in [0.1, 0.15) is 17.8 Å². The summed E-state index contributed by atoms with van der Waals surface area (Å²) in [5, 5.41) is -0.134. The van der Waals surface area contributed by atoms with Crippen molar-refractivity contribution in [3.05, 3.63) is 0 Å². The summed E-state index contributed by atoms with van der Waals surface area (Å²) in [6.07, 6.45) is 1.49. The number of amides is 1. The van der Waals surface area contributed by atoms with Crippen molar-refractivity contribution in [2.45, 2.75) is 38.0 Å². The third-order valence-electron chi connectivity index (χ3n) is 3.86. The maximum atomic E-state index is 11.7. The van der Waals surface area contributed by atoms with E-state index in [1.54, 1.807) is 6.21 Å². The lowest BCUT2D eigenvalue weighted by atomic mass is 9.97. The van der Waals surface area contributed by atoms with Gasteiger partial charge in [0.15, 0.2) is 6.17 Å². The van der Waals surface area contributed by atoms with Gasteiger partial charge in [-0.15, -0.1) is 11.6 Å². The Hall–Kier alpha value is -0.690. The molecule has 4 unspecified atom stereocenters. The van der Waals surface area contributed by atoms with Crippen LogP contribution in [-0.4, -0.2) is 53.9 Å². The van der Waals surface area contributed by atoms with Gasteiger partial charge in [-0.3, -0.25) is 4.79 Å². The maximum Gasteiger partial charge on any atom is 0.231 e. The molecule has 6 N–H and O–H groups in total. The Morgan fingerprint density at radius 1 is 1.53 bits per heavy atom.